The molecule has 0 amide bonds. The average Bonchev–Trinajstić information content (AvgIpc) is 2.36. The highest BCUT2D eigenvalue weighted by Gasteiger charge is 2.13. The molecule has 0 aliphatic heterocycles. The Labute approximate surface area is 111 Å². The number of hydrogen-bond donors (Lipinski definition) is 2. The van der Waals surface area contributed by atoms with Gasteiger partial charge in [-0.1, -0.05) is 26.0 Å². The van der Waals surface area contributed by atoms with Crippen molar-refractivity contribution < 1.29 is 5.11 Å². The minimum atomic E-state index is -0.304. The van der Waals surface area contributed by atoms with Gasteiger partial charge in [-0.25, -0.2) is 0 Å². The topological polar surface area (TPSA) is 65.5 Å². The zero-order chi connectivity index (χ0) is 14.0. The summed E-state index contributed by atoms with van der Waals surface area (Å²) in [6.45, 7) is 6.50. The van der Waals surface area contributed by atoms with Gasteiger partial charge in [-0.2, -0.15) is 0 Å². The summed E-state index contributed by atoms with van der Waals surface area (Å²) in [7, 11) is 0. The van der Waals surface area contributed by atoms with Crippen LogP contribution in [0.15, 0.2) is 34.1 Å². The highest BCUT2D eigenvalue weighted by atomic mass is 16.3. The van der Waals surface area contributed by atoms with Crippen molar-refractivity contribution in [3.05, 3.63) is 40.2 Å². The van der Waals surface area contributed by atoms with Crippen LogP contribution in [-0.2, 0) is 0 Å². The molecule has 0 atom stereocenters. The van der Waals surface area contributed by atoms with Crippen LogP contribution in [0.4, 0.5) is 0 Å². The first-order valence-electron chi connectivity index (χ1n) is 6.36. The van der Waals surface area contributed by atoms with E-state index >= 15 is 0 Å². The summed E-state index contributed by atoms with van der Waals surface area (Å²) >= 11 is 0. The van der Waals surface area contributed by atoms with E-state index in [1.54, 1.807) is 19.1 Å². The molecule has 0 radical (unpaired) electrons. The molecule has 4 heteroatoms. The monoisotopic (exact) mass is 258 g/mol. The van der Waals surface area contributed by atoms with Gasteiger partial charge >= 0.3 is 0 Å². The van der Waals surface area contributed by atoms with E-state index in [9.17, 15) is 9.90 Å². The van der Waals surface area contributed by atoms with Gasteiger partial charge < -0.3 is 10.1 Å². The molecule has 0 aliphatic rings. The van der Waals surface area contributed by atoms with Crippen LogP contribution < -0.4 is 5.56 Å². The van der Waals surface area contributed by atoms with Crippen molar-refractivity contribution in [2.45, 2.75) is 20.8 Å². The lowest BCUT2D eigenvalue weighted by molar-refractivity contribution is 0.479. The zero-order valence-electron chi connectivity index (χ0n) is 11.4. The van der Waals surface area contributed by atoms with Gasteiger partial charge in [0.25, 0.3) is 5.56 Å². The molecule has 1 aromatic heterocycles. The smallest absolute Gasteiger partial charge is 0.261 e. The third kappa shape index (κ3) is 2.67. The summed E-state index contributed by atoms with van der Waals surface area (Å²) in [5.41, 5.74) is 1.16. The number of rotatable bonds is 3. The fraction of sp³-hybridized carbons (Fsp3) is 0.333. The number of nitrogens with zero attached hydrogens (tertiary/aromatic N) is 1. The Morgan fingerprint density at radius 1 is 1.37 bits per heavy atom. The number of aliphatic imine (C=N–C) groups is 1. The lowest BCUT2D eigenvalue weighted by Gasteiger charge is -2.08. The van der Waals surface area contributed by atoms with E-state index in [0.29, 0.717) is 29.1 Å². The fourth-order valence-electron chi connectivity index (χ4n) is 1.96. The molecule has 0 aliphatic carbocycles. The highest BCUT2D eigenvalue weighted by Crippen LogP contribution is 2.24. The number of benzene rings is 1. The van der Waals surface area contributed by atoms with E-state index in [2.05, 4.69) is 23.8 Å². The summed E-state index contributed by atoms with van der Waals surface area (Å²) in [6.07, 6.45) is 0. The predicted molar refractivity (Wildman–Crippen MR) is 78.1 cm³/mol. The third-order valence-electron chi connectivity index (χ3n) is 2.95. The minimum Gasteiger partial charge on any atom is -0.506 e. The number of para-hydroxylation sites is 1. The van der Waals surface area contributed by atoms with Gasteiger partial charge in [0.2, 0.25) is 0 Å². The molecule has 19 heavy (non-hydrogen) atoms. The van der Waals surface area contributed by atoms with E-state index in [-0.39, 0.29) is 16.9 Å². The second-order valence-corrected chi connectivity index (χ2v) is 5.04. The molecule has 0 saturated heterocycles. The summed E-state index contributed by atoms with van der Waals surface area (Å²) in [6, 6.07) is 7.18. The Bertz CT molecular complexity index is 684. The molecular formula is C15H18N2O2. The van der Waals surface area contributed by atoms with Gasteiger partial charge in [-0.3, -0.25) is 9.79 Å². The summed E-state index contributed by atoms with van der Waals surface area (Å²) in [4.78, 5) is 19.2. The first kappa shape index (κ1) is 13.3. The normalized spacial score (nSPS) is 12.3. The number of hydrogen-bond acceptors (Lipinski definition) is 3. The van der Waals surface area contributed by atoms with Crippen LogP contribution in [0.2, 0.25) is 0 Å². The largest absolute Gasteiger partial charge is 0.506 e. The molecule has 1 heterocycles. The van der Waals surface area contributed by atoms with Crippen LogP contribution in [0, 0.1) is 5.92 Å². The molecule has 0 unspecified atom stereocenters. The van der Waals surface area contributed by atoms with Crippen LogP contribution in [0.1, 0.15) is 26.3 Å². The Hall–Kier alpha value is -2.10. The van der Waals surface area contributed by atoms with Gasteiger partial charge in [0.1, 0.15) is 11.3 Å². The molecule has 1 aromatic carbocycles. The number of pyridine rings is 1. The molecule has 0 spiro atoms. The molecule has 0 saturated carbocycles. The second-order valence-electron chi connectivity index (χ2n) is 5.04. The Morgan fingerprint density at radius 2 is 2.05 bits per heavy atom. The number of aromatic hydroxyl groups is 1. The van der Waals surface area contributed by atoms with Gasteiger partial charge in [-0.05, 0) is 25.0 Å². The second kappa shape index (κ2) is 5.26. The molecule has 2 rings (SSSR count). The number of H-pyrrole nitrogens is 1. The first-order chi connectivity index (χ1) is 9.00. The maximum Gasteiger partial charge on any atom is 0.261 e. The molecule has 2 N–H and O–H groups in total. The maximum absolute atomic E-state index is 12.0. The maximum atomic E-state index is 12.0. The molecule has 100 valence electrons. The van der Waals surface area contributed by atoms with Gasteiger partial charge in [0.05, 0.1) is 5.52 Å². The van der Waals surface area contributed by atoms with E-state index in [4.69, 9.17) is 0 Å². The SMILES string of the molecule is CC(=NCC(C)C)c1c(O)c2ccccc2[nH]c1=O. The number of fused-ring (bicyclic) bond motifs is 1. The van der Waals surface area contributed by atoms with E-state index in [1.165, 1.54) is 0 Å². The van der Waals surface area contributed by atoms with Crippen LogP contribution in [0.25, 0.3) is 10.9 Å². The quantitative estimate of drug-likeness (QED) is 0.831. The molecular weight excluding hydrogens is 240 g/mol. The summed E-state index contributed by atoms with van der Waals surface area (Å²) in [5, 5.41) is 10.9. The fourth-order valence-corrected chi connectivity index (χ4v) is 1.96. The zero-order valence-corrected chi connectivity index (χ0v) is 11.4. The van der Waals surface area contributed by atoms with Crippen molar-refractivity contribution in [3.8, 4) is 5.75 Å². The minimum absolute atomic E-state index is 0.00403. The van der Waals surface area contributed by atoms with Crippen molar-refractivity contribution in [1.29, 1.82) is 0 Å². The van der Waals surface area contributed by atoms with Crippen molar-refractivity contribution in [3.63, 3.8) is 0 Å². The lowest BCUT2D eigenvalue weighted by atomic mass is 10.1. The Balaban J connectivity index is 2.61. The van der Waals surface area contributed by atoms with E-state index in [1.807, 2.05) is 12.1 Å². The molecule has 0 bridgehead atoms. The Kier molecular flexibility index (Phi) is 3.69. The predicted octanol–water partition coefficient (Wildman–Crippen LogP) is 2.70. The average molecular weight is 258 g/mol. The molecule has 4 nitrogen and oxygen atoms in total. The summed E-state index contributed by atoms with van der Waals surface area (Å²) in [5.74, 6) is 0.418. The lowest BCUT2D eigenvalue weighted by Crippen LogP contribution is -2.17. The molecule has 2 aromatic rings. The van der Waals surface area contributed by atoms with Crippen LogP contribution in [-0.4, -0.2) is 22.3 Å². The van der Waals surface area contributed by atoms with Crippen LogP contribution in [0.3, 0.4) is 0 Å². The molecule has 0 fully saturated rings. The van der Waals surface area contributed by atoms with E-state index < -0.39 is 0 Å². The van der Waals surface area contributed by atoms with Crippen LogP contribution >= 0.6 is 0 Å². The third-order valence-corrected chi connectivity index (χ3v) is 2.95. The van der Waals surface area contributed by atoms with Crippen molar-refractivity contribution >= 4 is 16.6 Å². The van der Waals surface area contributed by atoms with Crippen molar-refractivity contribution in [2.75, 3.05) is 6.54 Å². The van der Waals surface area contributed by atoms with E-state index in [0.717, 1.165) is 0 Å². The van der Waals surface area contributed by atoms with Crippen molar-refractivity contribution in [2.24, 2.45) is 10.9 Å². The number of aromatic amines is 1. The first-order valence-corrected chi connectivity index (χ1v) is 6.36. The van der Waals surface area contributed by atoms with Crippen LogP contribution in [0.5, 0.6) is 5.75 Å². The Morgan fingerprint density at radius 3 is 2.74 bits per heavy atom. The standard InChI is InChI=1S/C15H18N2O2/c1-9(2)8-16-10(3)13-14(18)11-6-4-5-7-12(11)17-15(13)19/h4-7,9H,8H2,1-3H3,(H2,17,18,19). The summed E-state index contributed by atoms with van der Waals surface area (Å²) < 4.78 is 0. The van der Waals surface area contributed by atoms with Gasteiger partial charge in [0.15, 0.2) is 0 Å². The number of nitrogens with one attached hydrogen (secondary N) is 1. The number of aromatic nitrogens is 1. The van der Waals surface area contributed by atoms with Gasteiger partial charge in [0, 0.05) is 17.6 Å². The van der Waals surface area contributed by atoms with Crippen molar-refractivity contribution in [1.82, 2.24) is 4.98 Å². The van der Waals surface area contributed by atoms with Gasteiger partial charge in [-0.15, -0.1) is 0 Å². The highest BCUT2D eigenvalue weighted by molar-refractivity contribution is 6.05.